The molecule has 0 saturated carbocycles. The lowest BCUT2D eigenvalue weighted by Gasteiger charge is -2.27. The van der Waals surface area contributed by atoms with Crippen molar-refractivity contribution >= 4 is 22.2 Å². The zero-order chi connectivity index (χ0) is 21.9. The number of carbonyl (C=O) groups excluding carboxylic acids is 1. The molecule has 0 spiro atoms. The third-order valence-electron chi connectivity index (χ3n) is 5.34. The lowest BCUT2D eigenvalue weighted by molar-refractivity contribution is 0.0936. The van der Waals surface area contributed by atoms with Gasteiger partial charge in [-0.2, -0.15) is 0 Å². The Hall–Kier alpha value is -3.64. The summed E-state index contributed by atoms with van der Waals surface area (Å²) >= 11 is 1.60. The van der Waals surface area contributed by atoms with E-state index in [0.29, 0.717) is 17.9 Å². The monoisotopic (exact) mass is 444 g/mol. The van der Waals surface area contributed by atoms with E-state index in [0.717, 1.165) is 27.4 Å². The number of hydrogen-bond donors (Lipinski definition) is 2. The molecule has 0 aliphatic carbocycles. The number of halogens is 1. The van der Waals surface area contributed by atoms with Crippen LogP contribution in [0.3, 0.4) is 0 Å². The Kier molecular flexibility index (Phi) is 5.60. The summed E-state index contributed by atoms with van der Waals surface area (Å²) in [5.74, 6) is 0.286. The second-order valence-electron chi connectivity index (χ2n) is 7.62. The summed E-state index contributed by atoms with van der Waals surface area (Å²) in [5.41, 5.74) is 3.59. The number of ether oxygens (including phenoxy) is 1. The average molecular weight is 445 g/mol. The van der Waals surface area contributed by atoms with Crippen molar-refractivity contribution < 1.29 is 13.9 Å². The number of carbonyl (C=O) groups is 1. The van der Waals surface area contributed by atoms with Crippen LogP contribution in [0.4, 0.5) is 9.39 Å². The van der Waals surface area contributed by atoms with Crippen molar-refractivity contribution in [3.63, 3.8) is 0 Å². The number of hydrogen-bond acceptors (Lipinski definition) is 4. The standard InChI is InChI=1S/C26H21FN2O2S/c27-19-12-10-18(11-13-19)16-31-23-9-5-4-8-21(23)24-28-25(30)22-15-20(32-26(22)29-24)14-17-6-2-1-3-7-17/h1-13,15,24,29H,14,16H2,(H,28,30)/t24-/m1/s1. The molecule has 3 aromatic carbocycles. The van der Waals surface area contributed by atoms with E-state index < -0.39 is 6.17 Å². The fourth-order valence-corrected chi connectivity index (χ4v) is 4.84. The minimum absolute atomic E-state index is 0.104. The number of para-hydroxylation sites is 1. The van der Waals surface area contributed by atoms with Crippen molar-refractivity contribution in [1.82, 2.24) is 5.32 Å². The fraction of sp³-hybridized carbons (Fsp3) is 0.115. The van der Waals surface area contributed by atoms with Crippen molar-refractivity contribution in [1.29, 1.82) is 0 Å². The molecule has 1 aromatic heterocycles. The van der Waals surface area contributed by atoms with Crippen LogP contribution >= 0.6 is 11.3 Å². The summed E-state index contributed by atoms with van der Waals surface area (Å²) in [7, 11) is 0. The number of rotatable bonds is 6. The topological polar surface area (TPSA) is 50.4 Å². The van der Waals surface area contributed by atoms with Crippen molar-refractivity contribution in [3.8, 4) is 5.75 Å². The van der Waals surface area contributed by atoms with E-state index in [1.165, 1.54) is 17.7 Å². The molecule has 0 bridgehead atoms. The molecule has 2 heterocycles. The molecule has 6 heteroatoms. The quantitative estimate of drug-likeness (QED) is 0.389. The minimum atomic E-state index is -0.400. The van der Waals surface area contributed by atoms with Gasteiger partial charge in [0, 0.05) is 16.9 Å². The maximum atomic E-state index is 13.2. The van der Waals surface area contributed by atoms with Crippen LogP contribution < -0.4 is 15.4 Å². The van der Waals surface area contributed by atoms with Crippen molar-refractivity contribution in [2.75, 3.05) is 5.32 Å². The van der Waals surface area contributed by atoms with Gasteiger partial charge in [-0.15, -0.1) is 11.3 Å². The maximum Gasteiger partial charge on any atom is 0.256 e. The maximum absolute atomic E-state index is 13.2. The van der Waals surface area contributed by atoms with Crippen molar-refractivity contribution in [3.05, 3.63) is 118 Å². The zero-order valence-electron chi connectivity index (χ0n) is 17.2. The highest BCUT2D eigenvalue weighted by Gasteiger charge is 2.28. The highest BCUT2D eigenvalue weighted by Crippen LogP contribution is 2.37. The van der Waals surface area contributed by atoms with Gasteiger partial charge in [-0.3, -0.25) is 4.79 Å². The third kappa shape index (κ3) is 4.36. The Morgan fingerprint density at radius 2 is 1.62 bits per heavy atom. The zero-order valence-corrected chi connectivity index (χ0v) is 18.0. The van der Waals surface area contributed by atoms with Gasteiger partial charge in [-0.25, -0.2) is 4.39 Å². The van der Waals surface area contributed by atoms with Crippen molar-refractivity contribution in [2.24, 2.45) is 0 Å². The van der Waals surface area contributed by atoms with Gasteiger partial charge in [0.25, 0.3) is 5.91 Å². The molecule has 4 nitrogen and oxygen atoms in total. The molecule has 1 amide bonds. The SMILES string of the molecule is O=C1N[C@@H](c2ccccc2OCc2ccc(F)cc2)Nc2sc(Cc3ccccc3)cc21. The van der Waals surface area contributed by atoms with Crippen LogP contribution in [-0.4, -0.2) is 5.91 Å². The van der Waals surface area contributed by atoms with Gasteiger partial charge in [0.2, 0.25) is 0 Å². The molecule has 1 aliphatic rings. The molecule has 160 valence electrons. The molecule has 1 aliphatic heterocycles. The van der Waals surface area contributed by atoms with Gasteiger partial charge in [0.15, 0.2) is 0 Å². The first-order valence-electron chi connectivity index (χ1n) is 10.4. The lowest BCUT2D eigenvalue weighted by atomic mass is 10.1. The highest BCUT2D eigenvalue weighted by atomic mass is 32.1. The fourth-order valence-electron chi connectivity index (χ4n) is 3.73. The molecule has 1 atom stereocenters. The van der Waals surface area contributed by atoms with Crippen LogP contribution in [0.1, 0.15) is 38.1 Å². The van der Waals surface area contributed by atoms with Gasteiger partial charge < -0.3 is 15.4 Å². The molecule has 0 radical (unpaired) electrons. The van der Waals surface area contributed by atoms with Crippen LogP contribution in [0.5, 0.6) is 5.75 Å². The van der Waals surface area contributed by atoms with E-state index in [1.54, 1.807) is 23.5 Å². The first kappa shape index (κ1) is 20.3. The Bertz CT molecular complexity index is 1240. The molecule has 4 aromatic rings. The summed E-state index contributed by atoms with van der Waals surface area (Å²) in [5, 5.41) is 7.35. The van der Waals surface area contributed by atoms with E-state index in [1.807, 2.05) is 48.5 Å². The Labute approximate surface area is 189 Å². The van der Waals surface area contributed by atoms with E-state index >= 15 is 0 Å². The van der Waals surface area contributed by atoms with Gasteiger partial charge in [0.05, 0.1) is 5.56 Å². The van der Waals surface area contributed by atoms with Crippen LogP contribution in [0, 0.1) is 5.82 Å². The largest absolute Gasteiger partial charge is 0.488 e. The van der Waals surface area contributed by atoms with E-state index in [2.05, 4.69) is 22.8 Å². The number of anilines is 1. The second-order valence-corrected chi connectivity index (χ2v) is 8.76. The van der Waals surface area contributed by atoms with E-state index in [-0.39, 0.29) is 11.7 Å². The summed E-state index contributed by atoms with van der Waals surface area (Å²) in [6.07, 6.45) is 0.387. The van der Waals surface area contributed by atoms with Gasteiger partial charge in [-0.1, -0.05) is 60.7 Å². The van der Waals surface area contributed by atoms with Crippen LogP contribution in [-0.2, 0) is 13.0 Å². The first-order valence-corrected chi connectivity index (χ1v) is 11.2. The van der Waals surface area contributed by atoms with Crippen LogP contribution in [0.2, 0.25) is 0 Å². The Morgan fingerprint density at radius 1 is 0.875 bits per heavy atom. The van der Waals surface area contributed by atoms with Gasteiger partial charge >= 0.3 is 0 Å². The smallest absolute Gasteiger partial charge is 0.256 e. The van der Waals surface area contributed by atoms with Gasteiger partial charge in [0.1, 0.15) is 29.3 Å². The summed E-state index contributed by atoms with van der Waals surface area (Å²) in [4.78, 5) is 14.0. The summed E-state index contributed by atoms with van der Waals surface area (Å²) in [6, 6.07) is 26.0. The van der Waals surface area contributed by atoms with E-state index in [4.69, 9.17) is 4.74 Å². The molecule has 32 heavy (non-hydrogen) atoms. The molecular formula is C26H21FN2O2S. The van der Waals surface area contributed by atoms with Crippen molar-refractivity contribution in [2.45, 2.75) is 19.2 Å². The van der Waals surface area contributed by atoms with Crippen LogP contribution in [0.15, 0.2) is 84.9 Å². The van der Waals surface area contributed by atoms with Crippen LogP contribution in [0.25, 0.3) is 0 Å². The third-order valence-corrected chi connectivity index (χ3v) is 6.40. The number of fused-ring (bicyclic) bond motifs is 1. The highest BCUT2D eigenvalue weighted by molar-refractivity contribution is 7.16. The molecule has 2 N–H and O–H groups in total. The molecule has 0 unspecified atom stereocenters. The molecule has 0 saturated heterocycles. The normalized spacial score (nSPS) is 14.9. The first-order chi connectivity index (χ1) is 15.7. The summed E-state index contributed by atoms with van der Waals surface area (Å²) in [6.45, 7) is 0.309. The van der Waals surface area contributed by atoms with Gasteiger partial charge in [-0.05, 0) is 35.4 Å². The average Bonchev–Trinajstić information content (AvgIpc) is 3.22. The molecular weight excluding hydrogens is 423 g/mol. The van der Waals surface area contributed by atoms with E-state index in [9.17, 15) is 9.18 Å². The Morgan fingerprint density at radius 3 is 2.44 bits per heavy atom. The molecule has 5 rings (SSSR count). The number of amides is 1. The number of nitrogens with one attached hydrogen (secondary N) is 2. The minimum Gasteiger partial charge on any atom is -0.488 e. The number of thiophene rings is 1. The second kappa shape index (κ2) is 8.85. The lowest BCUT2D eigenvalue weighted by Crippen LogP contribution is -2.37. The predicted molar refractivity (Wildman–Crippen MR) is 125 cm³/mol. The predicted octanol–water partition coefficient (Wildman–Crippen LogP) is 5.91. The Balaban J connectivity index is 1.34. The molecule has 0 fully saturated rings. The summed E-state index contributed by atoms with van der Waals surface area (Å²) < 4.78 is 19.2. The number of benzene rings is 3.